The lowest BCUT2D eigenvalue weighted by Gasteiger charge is -2.33. The third-order valence-corrected chi connectivity index (χ3v) is 3.18. The van der Waals surface area contributed by atoms with Crippen LogP contribution in [-0.2, 0) is 14.3 Å². The van der Waals surface area contributed by atoms with Crippen LogP contribution in [0.4, 0.5) is 0 Å². The van der Waals surface area contributed by atoms with Crippen molar-refractivity contribution in [3.8, 4) is 0 Å². The van der Waals surface area contributed by atoms with E-state index in [0.717, 1.165) is 4.74 Å². The maximum absolute atomic E-state index is 12.4. The van der Waals surface area contributed by atoms with Crippen LogP contribution in [0.2, 0.25) is 0 Å². The van der Waals surface area contributed by atoms with Gasteiger partial charge >= 0.3 is 0 Å². The van der Waals surface area contributed by atoms with Crippen molar-refractivity contribution in [3.05, 3.63) is 5.21 Å². The van der Waals surface area contributed by atoms with Gasteiger partial charge in [-0.15, -0.1) is 5.06 Å². The summed E-state index contributed by atoms with van der Waals surface area (Å²) in [6.45, 7) is 7.38. The highest BCUT2D eigenvalue weighted by atomic mass is 16.7. The molecular formula is C11H22N2O4. The molecule has 0 bridgehead atoms. The van der Waals surface area contributed by atoms with E-state index in [2.05, 4.69) is 0 Å². The lowest BCUT2D eigenvalue weighted by molar-refractivity contribution is -0.584. The lowest BCUT2D eigenvalue weighted by Crippen LogP contribution is -2.54. The van der Waals surface area contributed by atoms with Crippen molar-refractivity contribution in [1.82, 2.24) is 5.06 Å². The molecule has 0 saturated heterocycles. The quantitative estimate of drug-likeness (QED) is 0.420. The van der Waals surface area contributed by atoms with Crippen molar-refractivity contribution in [3.63, 3.8) is 0 Å². The summed E-state index contributed by atoms with van der Waals surface area (Å²) in [7, 11) is 4.57. The molecule has 6 heteroatoms. The number of hydrogen-bond acceptors (Lipinski definition) is 5. The molecule has 6 nitrogen and oxygen atoms in total. The Kier molecular flexibility index (Phi) is 3.83. The average Bonchev–Trinajstić information content (AvgIpc) is 2.36. The third-order valence-electron chi connectivity index (χ3n) is 3.18. The molecule has 1 aliphatic heterocycles. The first-order chi connectivity index (χ1) is 7.74. The third kappa shape index (κ3) is 1.95. The summed E-state index contributed by atoms with van der Waals surface area (Å²) in [4.78, 5) is 5.34. The summed E-state index contributed by atoms with van der Waals surface area (Å²) in [6, 6.07) is 0. The first-order valence-corrected chi connectivity index (χ1v) is 5.49. The Morgan fingerprint density at radius 3 is 1.88 bits per heavy atom. The maximum Gasteiger partial charge on any atom is 0.245 e. The van der Waals surface area contributed by atoms with Gasteiger partial charge in [-0.2, -0.15) is 4.74 Å². The molecule has 0 aromatic carbocycles. The van der Waals surface area contributed by atoms with E-state index in [1.54, 1.807) is 26.0 Å². The molecule has 0 radical (unpaired) electrons. The summed E-state index contributed by atoms with van der Waals surface area (Å²) < 4.78 is 11.3. The molecule has 0 aliphatic carbocycles. The molecule has 0 fully saturated rings. The Balaban J connectivity index is 3.30. The second-order valence-electron chi connectivity index (χ2n) is 5.01. The SMILES string of the molecule is COC(OC)C1=[N+]([O-])C(C)(C)N(OC)C1(C)C. The Bertz CT molecular complexity index is 321. The summed E-state index contributed by atoms with van der Waals surface area (Å²) in [5.41, 5.74) is -0.908. The van der Waals surface area contributed by atoms with Crippen LogP contribution >= 0.6 is 0 Å². The van der Waals surface area contributed by atoms with E-state index in [0.29, 0.717) is 5.71 Å². The zero-order chi connectivity index (χ0) is 13.4. The van der Waals surface area contributed by atoms with E-state index >= 15 is 0 Å². The van der Waals surface area contributed by atoms with Gasteiger partial charge in [-0.3, -0.25) is 4.84 Å². The molecule has 0 N–H and O–H groups in total. The first kappa shape index (κ1) is 14.4. The van der Waals surface area contributed by atoms with E-state index in [9.17, 15) is 5.21 Å². The molecule has 0 unspecified atom stereocenters. The van der Waals surface area contributed by atoms with Gasteiger partial charge in [0.25, 0.3) is 0 Å². The molecule has 1 rings (SSSR count). The average molecular weight is 246 g/mol. The van der Waals surface area contributed by atoms with Crippen LogP contribution in [-0.4, -0.2) is 54.3 Å². The van der Waals surface area contributed by atoms with Crippen molar-refractivity contribution < 1.29 is 19.1 Å². The minimum Gasteiger partial charge on any atom is -0.622 e. The molecule has 0 aromatic rings. The van der Waals surface area contributed by atoms with Crippen LogP contribution in [0.5, 0.6) is 0 Å². The van der Waals surface area contributed by atoms with E-state index in [-0.39, 0.29) is 0 Å². The smallest absolute Gasteiger partial charge is 0.245 e. The highest BCUT2D eigenvalue weighted by molar-refractivity contribution is 5.92. The molecule has 1 heterocycles. The highest BCUT2D eigenvalue weighted by Crippen LogP contribution is 2.35. The maximum atomic E-state index is 12.4. The fourth-order valence-electron chi connectivity index (χ4n) is 2.57. The molecule has 0 atom stereocenters. The number of ether oxygens (including phenoxy) is 2. The zero-order valence-electron chi connectivity index (χ0n) is 11.6. The van der Waals surface area contributed by atoms with Gasteiger partial charge in [-0.25, -0.2) is 0 Å². The van der Waals surface area contributed by atoms with Crippen LogP contribution < -0.4 is 0 Å². The van der Waals surface area contributed by atoms with Crippen molar-refractivity contribution in [1.29, 1.82) is 0 Å². The highest BCUT2D eigenvalue weighted by Gasteiger charge is 2.60. The van der Waals surface area contributed by atoms with Crippen molar-refractivity contribution in [2.75, 3.05) is 21.3 Å². The fourth-order valence-corrected chi connectivity index (χ4v) is 2.57. The van der Waals surface area contributed by atoms with Gasteiger partial charge in [0.2, 0.25) is 17.7 Å². The van der Waals surface area contributed by atoms with E-state index in [4.69, 9.17) is 14.3 Å². The first-order valence-electron chi connectivity index (χ1n) is 5.49. The summed E-state index contributed by atoms with van der Waals surface area (Å²) in [5, 5.41) is 14.0. The molecule has 100 valence electrons. The second-order valence-corrected chi connectivity index (χ2v) is 5.01. The standard InChI is InChI=1S/C11H22N2O4/c1-10(2)8(9(15-5)16-6)12(14)11(3,4)13(10)17-7/h9H,1-7H3. The van der Waals surface area contributed by atoms with E-state index in [1.165, 1.54) is 14.2 Å². The number of methoxy groups -OCH3 is 2. The van der Waals surface area contributed by atoms with Crippen molar-refractivity contribution >= 4 is 5.71 Å². The predicted molar refractivity (Wildman–Crippen MR) is 63.4 cm³/mol. The normalized spacial score (nSPS) is 23.8. The Morgan fingerprint density at radius 1 is 1.12 bits per heavy atom. The molecule has 0 saturated carbocycles. The van der Waals surface area contributed by atoms with Crippen LogP contribution in [0.1, 0.15) is 27.7 Å². The van der Waals surface area contributed by atoms with Crippen LogP contribution in [0.15, 0.2) is 0 Å². The largest absolute Gasteiger partial charge is 0.622 e. The Hall–Kier alpha value is -0.690. The van der Waals surface area contributed by atoms with Crippen molar-refractivity contribution in [2.24, 2.45) is 0 Å². The molecule has 1 aliphatic rings. The fraction of sp³-hybridized carbons (Fsp3) is 0.909. The van der Waals surface area contributed by atoms with Gasteiger partial charge in [0.05, 0.1) is 7.11 Å². The predicted octanol–water partition coefficient (Wildman–Crippen LogP) is 0.948. The molecule has 0 spiro atoms. The molecule has 17 heavy (non-hydrogen) atoms. The van der Waals surface area contributed by atoms with Gasteiger partial charge < -0.3 is 14.7 Å². The van der Waals surface area contributed by atoms with Gasteiger partial charge in [-0.1, -0.05) is 0 Å². The lowest BCUT2D eigenvalue weighted by atomic mass is 9.98. The van der Waals surface area contributed by atoms with Crippen LogP contribution in [0.25, 0.3) is 0 Å². The minimum absolute atomic E-state index is 0.495. The van der Waals surface area contributed by atoms with Gasteiger partial charge in [-0.05, 0) is 13.8 Å². The monoisotopic (exact) mass is 246 g/mol. The topological polar surface area (TPSA) is 57.0 Å². The van der Waals surface area contributed by atoms with Crippen LogP contribution in [0.3, 0.4) is 0 Å². The van der Waals surface area contributed by atoms with Crippen LogP contribution in [0, 0.1) is 5.21 Å². The summed E-state index contributed by atoms with van der Waals surface area (Å²) >= 11 is 0. The molecular weight excluding hydrogens is 224 g/mol. The summed E-state index contributed by atoms with van der Waals surface area (Å²) in [5.74, 6) is 0. The van der Waals surface area contributed by atoms with Gasteiger partial charge in [0, 0.05) is 28.1 Å². The van der Waals surface area contributed by atoms with E-state index < -0.39 is 17.5 Å². The van der Waals surface area contributed by atoms with Gasteiger partial charge in [0.1, 0.15) is 5.54 Å². The van der Waals surface area contributed by atoms with Gasteiger partial charge in [0.15, 0.2) is 0 Å². The number of hydrogen-bond donors (Lipinski definition) is 0. The number of rotatable bonds is 4. The molecule has 0 amide bonds. The Labute approximate surface area is 102 Å². The van der Waals surface area contributed by atoms with Crippen molar-refractivity contribution in [2.45, 2.75) is 45.2 Å². The second kappa shape index (κ2) is 4.53. The number of hydroxylamine groups is 3. The van der Waals surface area contributed by atoms with E-state index in [1.807, 2.05) is 13.8 Å². The Morgan fingerprint density at radius 2 is 1.59 bits per heavy atom. The minimum atomic E-state index is -0.803. The summed E-state index contributed by atoms with van der Waals surface area (Å²) in [6.07, 6.45) is -0.679. The number of nitrogens with zero attached hydrogens (tertiary/aromatic N) is 2. The molecule has 0 aromatic heterocycles. The zero-order valence-corrected chi connectivity index (χ0v) is 11.6.